The van der Waals surface area contributed by atoms with E-state index < -0.39 is 0 Å². The van der Waals surface area contributed by atoms with Gasteiger partial charge in [-0.2, -0.15) is 0 Å². The van der Waals surface area contributed by atoms with E-state index in [-0.39, 0.29) is 17.2 Å². The Bertz CT molecular complexity index is 710. The summed E-state index contributed by atoms with van der Waals surface area (Å²) in [5, 5.41) is 3.79. The fourth-order valence-electron chi connectivity index (χ4n) is 2.96. The van der Waals surface area contributed by atoms with Crippen LogP contribution in [0.4, 0.5) is 0 Å². The Morgan fingerprint density at radius 3 is 2.67 bits per heavy atom. The molecule has 1 aliphatic rings. The average molecular weight is 361 g/mol. The van der Waals surface area contributed by atoms with E-state index in [1.165, 1.54) is 10.5 Å². The second kappa shape index (κ2) is 7.60. The van der Waals surface area contributed by atoms with Crippen molar-refractivity contribution in [3.05, 3.63) is 64.7 Å². The molecule has 0 aromatic heterocycles. The Labute approximate surface area is 152 Å². The molecule has 2 aromatic carbocycles. The van der Waals surface area contributed by atoms with E-state index in [0.29, 0.717) is 6.54 Å². The van der Waals surface area contributed by atoms with Gasteiger partial charge in [-0.15, -0.1) is 11.8 Å². The predicted molar refractivity (Wildman–Crippen MR) is 101 cm³/mol. The van der Waals surface area contributed by atoms with Crippen molar-refractivity contribution in [2.45, 2.75) is 22.6 Å². The molecule has 0 fully saturated rings. The summed E-state index contributed by atoms with van der Waals surface area (Å²) >= 11 is 7.97. The van der Waals surface area contributed by atoms with Crippen LogP contribution in [-0.2, 0) is 11.2 Å². The number of benzene rings is 2. The van der Waals surface area contributed by atoms with Crippen LogP contribution in [0.2, 0.25) is 5.02 Å². The van der Waals surface area contributed by atoms with Gasteiger partial charge >= 0.3 is 0 Å². The summed E-state index contributed by atoms with van der Waals surface area (Å²) in [5.41, 5.74) is 2.30. The van der Waals surface area contributed by atoms with Crippen LogP contribution >= 0.6 is 23.4 Å². The molecule has 0 spiro atoms. The summed E-state index contributed by atoms with van der Waals surface area (Å²) in [5.74, 6) is 0.0927. The molecule has 2 atom stereocenters. The first-order valence-corrected chi connectivity index (χ1v) is 9.25. The van der Waals surface area contributed by atoms with Crippen molar-refractivity contribution in [1.29, 1.82) is 0 Å². The number of hydrogen-bond donors (Lipinski definition) is 1. The summed E-state index contributed by atoms with van der Waals surface area (Å²) in [7, 11) is 4.00. The number of nitrogens with one attached hydrogen (secondary N) is 1. The number of carbonyl (C=O) groups is 1. The molecule has 2 aromatic rings. The van der Waals surface area contributed by atoms with Crippen molar-refractivity contribution in [3.63, 3.8) is 0 Å². The van der Waals surface area contributed by atoms with Gasteiger partial charge in [-0.25, -0.2) is 0 Å². The number of rotatable bonds is 5. The van der Waals surface area contributed by atoms with E-state index >= 15 is 0 Å². The average Bonchev–Trinajstić information content (AvgIpc) is 3.00. The SMILES string of the molecule is CN(C)[C@@H](CNC(=O)[C@@H]1Cc2ccccc2S1)c1ccccc1Cl. The molecule has 126 valence electrons. The summed E-state index contributed by atoms with van der Waals surface area (Å²) in [6.45, 7) is 0.545. The van der Waals surface area contributed by atoms with Gasteiger partial charge < -0.3 is 10.2 Å². The number of likely N-dealkylation sites (N-methyl/N-ethyl adjacent to an activating group) is 1. The fraction of sp³-hybridized carbons (Fsp3) is 0.316. The molecule has 0 aliphatic carbocycles. The second-order valence-electron chi connectivity index (χ2n) is 6.16. The minimum atomic E-state index is -0.0449. The van der Waals surface area contributed by atoms with Crippen molar-refractivity contribution >= 4 is 29.3 Å². The van der Waals surface area contributed by atoms with Gasteiger partial charge in [0.1, 0.15) is 0 Å². The highest BCUT2D eigenvalue weighted by Gasteiger charge is 2.28. The molecule has 1 amide bonds. The lowest BCUT2D eigenvalue weighted by molar-refractivity contribution is -0.120. The van der Waals surface area contributed by atoms with Gasteiger partial charge in [-0.3, -0.25) is 4.79 Å². The van der Waals surface area contributed by atoms with Crippen LogP contribution in [0.15, 0.2) is 53.4 Å². The van der Waals surface area contributed by atoms with Gasteiger partial charge in [-0.05, 0) is 43.8 Å². The highest BCUT2D eigenvalue weighted by molar-refractivity contribution is 8.01. The molecule has 1 aliphatic heterocycles. The lowest BCUT2D eigenvalue weighted by Gasteiger charge is -2.26. The minimum absolute atomic E-state index is 0.0449. The molecule has 1 N–H and O–H groups in total. The topological polar surface area (TPSA) is 32.3 Å². The Hall–Kier alpha value is -1.49. The van der Waals surface area contributed by atoms with Gasteiger partial charge in [0.2, 0.25) is 5.91 Å². The summed E-state index contributed by atoms with van der Waals surface area (Å²) in [6, 6.07) is 16.1. The molecular formula is C19H21ClN2OS. The van der Waals surface area contributed by atoms with Crippen LogP contribution in [0.25, 0.3) is 0 Å². The van der Waals surface area contributed by atoms with Crippen LogP contribution in [0, 0.1) is 0 Å². The summed E-state index contributed by atoms with van der Waals surface area (Å²) in [6.07, 6.45) is 0.797. The molecule has 0 saturated heterocycles. The number of amides is 1. The van der Waals surface area contributed by atoms with E-state index in [1.807, 2.05) is 50.5 Å². The van der Waals surface area contributed by atoms with Crippen LogP contribution in [0.3, 0.4) is 0 Å². The second-order valence-corrected chi connectivity index (χ2v) is 7.82. The summed E-state index contributed by atoms with van der Waals surface area (Å²) < 4.78 is 0. The number of halogens is 1. The fourth-order valence-corrected chi connectivity index (χ4v) is 4.44. The van der Waals surface area contributed by atoms with E-state index in [2.05, 4.69) is 22.3 Å². The number of carbonyl (C=O) groups excluding carboxylic acids is 1. The van der Waals surface area contributed by atoms with Gasteiger partial charge in [0.25, 0.3) is 0 Å². The first-order chi connectivity index (χ1) is 11.6. The third-order valence-corrected chi connectivity index (χ3v) is 5.96. The van der Waals surface area contributed by atoms with Crippen molar-refractivity contribution in [2.24, 2.45) is 0 Å². The lowest BCUT2D eigenvalue weighted by Crippen LogP contribution is -2.38. The predicted octanol–water partition coefficient (Wildman–Crippen LogP) is 3.78. The minimum Gasteiger partial charge on any atom is -0.353 e. The molecule has 1 heterocycles. The van der Waals surface area contributed by atoms with Crippen molar-refractivity contribution in [2.75, 3.05) is 20.6 Å². The maximum atomic E-state index is 12.6. The molecule has 0 saturated carbocycles. The Kier molecular flexibility index (Phi) is 5.49. The van der Waals surface area contributed by atoms with E-state index in [9.17, 15) is 4.79 Å². The van der Waals surface area contributed by atoms with Gasteiger partial charge in [0.15, 0.2) is 0 Å². The smallest absolute Gasteiger partial charge is 0.233 e. The van der Waals surface area contributed by atoms with Crippen LogP contribution < -0.4 is 5.32 Å². The molecule has 3 rings (SSSR count). The first kappa shape index (κ1) is 17.3. The Morgan fingerprint density at radius 1 is 1.25 bits per heavy atom. The maximum absolute atomic E-state index is 12.6. The zero-order valence-electron chi connectivity index (χ0n) is 13.8. The largest absolute Gasteiger partial charge is 0.353 e. The third kappa shape index (κ3) is 3.77. The zero-order chi connectivity index (χ0) is 17.1. The van der Waals surface area contributed by atoms with E-state index in [1.54, 1.807) is 11.8 Å². The monoisotopic (exact) mass is 360 g/mol. The lowest BCUT2D eigenvalue weighted by atomic mass is 10.1. The van der Waals surface area contributed by atoms with Crippen molar-refractivity contribution in [3.8, 4) is 0 Å². The Morgan fingerprint density at radius 2 is 1.96 bits per heavy atom. The quantitative estimate of drug-likeness (QED) is 0.880. The normalized spacial score (nSPS) is 17.6. The van der Waals surface area contributed by atoms with Gasteiger partial charge in [-0.1, -0.05) is 48.0 Å². The highest BCUT2D eigenvalue weighted by atomic mass is 35.5. The molecule has 0 radical (unpaired) electrons. The third-order valence-electron chi connectivity index (χ3n) is 4.30. The number of fused-ring (bicyclic) bond motifs is 1. The maximum Gasteiger partial charge on any atom is 0.233 e. The molecule has 0 unspecified atom stereocenters. The number of thioether (sulfide) groups is 1. The van der Waals surface area contributed by atoms with Crippen molar-refractivity contribution < 1.29 is 4.79 Å². The highest BCUT2D eigenvalue weighted by Crippen LogP contribution is 2.36. The van der Waals surface area contributed by atoms with Crippen LogP contribution in [0.1, 0.15) is 17.2 Å². The molecule has 5 heteroatoms. The molecule has 3 nitrogen and oxygen atoms in total. The Balaban J connectivity index is 1.64. The van der Waals surface area contributed by atoms with Crippen molar-refractivity contribution in [1.82, 2.24) is 10.2 Å². The number of hydrogen-bond acceptors (Lipinski definition) is 3. The van der Waals surface area contributed by atoms with Gasteiger partial charge in [0.05, 0.1) is 11.3 Å². The van der Waals surface area contributed by atoms with E-state index in [4.69, 9.17) is 11.6 Å². The van der Waals surface area contributed by atoms with Crippen LogP contribution in [0.5, 0.6) is 0 Å². The van der Waals surface area contributed by atoms with Crippen LogP contribution in [-0.4, -0.2) is 36.7 Å². The molecular weight excluding hydrogens is 340 g/mol. The number of nitrogens with zero attached hydrogens (tertiary/aromatic N) is 1. The zero-order valence-corrected chi connectivity index (χ0v) is 15.4. The first-order valence-electron chi connectivity index (χ1n) is 7.99. The van der Waals surface area contributed by atoms with E-state index in [0.717, 1.165) is 17.0 Å². The molecule has 24 heavy (non-hydrogen) atoms. The standard InChI is InChI=1S/C19H21ClN2OS/c1-22(2)16(14-8-4-5-9-15(14)20)12-21-19(23)18-11-13-7-3-6-10-17(13)24-18/h3-10,16,18H,11-12H2,1-2H3,(H,21,23)/t16-,18-/m0/s1. The summed E-state index contributed by atoms with van der Waals surface area (Å²) in [4.78, 5) is 15.9. The van der Waals surface area contributed by atoms with Gasteiger partial charge in [0, 0.05) is 16.5 Å². The molecule has 0 bridgehead atoms.